The minimum atomic E-state index is -0.0901. The van der Waals surface area contributed by atoms with Crippen LogP contribution in [0.15, 0.2) is 24.3 Å². The summed E-state index contributed by atoms with van der Waals surface area (Å²) in [6.07, 6.45) is 3.61. The molecule has 2 rings (SSSR count). The van der Waals surface area contributed by atoms with E-state index in [-0.39, 0.29) is 11.9 Å². The molecule has 0 saturated heterocycles. The Bertz CT molecular complexity index is 320. The van der Waals surface area contributed by atoms with Crippen molar-refractivity contribution in [2.45, 2.75) is 32.2 Å². The highest BCUT2D eigenvalue weighted by molar-refractivity contribution is 5.21. The fourth-order valence-electron chi connectivity index (χ4n) is 1.86. The van der Waals surface area contributed by atoms with Crippen LogP contribution in [0.3, 0.4) is 0 Å². The van der Waals surface area contributed by atoms with Gasteiger partial charge in [0.1, 0.15) is 5.82 Å². The number of benzene rings is 1. The molecule has 1 saturated carbocycles. The van der Waals surface area contributed by atoms with E-state index >= 15 is 0 Å². The molecule has 0 amide bonds. The molecular weight excluding hydrogens is 189 g/mol. The summed E-state index contributed by atoms with van der Waals surface area (Å²) in [6, 6.07) is 7.23. The van der Waals surface area contributed by atoms with Crippen LogP contribution < -0.4 is 5.32 Å². The van der Waals surface area contributed by atoms with Gasteiger partial charge in [0.2, 0.25) is 0 Å². The van der Waals surface area contributed by atoms with Crippen LogP contribution in [0.4, 0.5) is 4.39 Å². The normalized spacial score (nSPS) is 17.7. The summed E-state index contributed by atoms with van der Waals surface area (Å²) in [5, 5.41) is 3.45. The Morgan fingerprint density at radius 3 is 2.73 bits per heavy atom. The van der Waals surface area contributed by atoms with Gasteiger partial charge in [-0.2, -0.15) is 0 Å². The number of hydrogen-bond donors (Lipinski definition) is 1. The van der Waals surface area contributed by atoms with Crippen molar-refractivity contribution in [2.75, 3.05) is 6.54 Å². The van der Waals surface area contributed by atoms with E-state index in [1.54, 1.807) is 6.07 Å². The molecule has 1 unspecified atom stereocenters. The van der Waals surface area contributed by atoms with Crippen molar-refractivity contribution in [1.29, 1.82) is 0 Å². The van der Waals surface area contributed by atoms with E-state index in [0.29, 0.717) is 0 Å². The lowest BCUT2D eigenvalue weighted by atomic mass is 10.0. The lowest BCUT2D eigenvalue weighted by molar-refractivity contribution is 0.477. The van der Waals surface area contributed by atoms with Crippen LogP contribution in [0.1, 0.15) is 37.8 Å². The monoisotopic (exact) mass is 207 g/mol. The Morgan fingerprint density at radius 2 is 2.13 bits per heavy atom. The first-order valence-corrected chi connectivity index (χ1v) is 5.79. The summed E-state index contributed by atoms with van der Waals surface area (Å²) >= 11 is 0. The highest BCUT2D eigenvalue weighted by Gasteiger charge is 2.22. The molecule has 0 radical (unpaired) electrons. The second-order valence-corrected chi connectivity index (χ2v) is 4.33. The van der Waals surface area contributed by atoms with Gasteiger partial charge < -0.3 is 5.32 Å². The van der Waals surface area contributed by atoms with E-state index in [9.17, 15) is 4.39 Å². The number of nitrogens with one attached hydrogen (secondary N) is 1. The maximum absolute atomic E-state index is 13.5. The van der Waals surface area contributed by atoms with Crippen molar-refractivity contribution in [3.05, 3.63) is 35.6 Å². The largest absolute Gasteiger partial charge is 0.310 e. The molecule has 0 heterocycles. The van der Waals surface area contributed by atoms with Gasteiger partial charge in [0.05, 0.1) is 0 Å². The summed E-state index contributed by atoms with van der Waals surface area (Å²) < 4.78 is 13.5. The number of halogens is 1. The Balaban J connectivity index is 2.00. The molecule has 1 aromatic rings. The molecule has 0 aliphatic heterocycles. The van der Waals surface area contributed by atoms with E-state index in [4.69, 9.17) is 0 Å². The molecule has 1 atom stereocenters. The van der Waals surface area contributed by atoms with E-state index < -0.39 is 0 Å². The van der Waals surface area contributed by atoms with Gasteiger partial charge in [0.15, 0.2) is 0 Å². The number of rotatable bonds is 5. The Kier molecular flexibility index (Phi) is 3.37. The molecule has 1 nitrogen and oxygen atoms in total. The Morgan fingerprint density at radius 1 is 1.40 bits per heavy atom. The zero-order valence-corrected chi connectivity index (χ0v) is 9.17. The van der Waals surface area contributed by atoms with Gasteiger partial charge in [0, 0.05) is 11.6 Å². The van der Waals surface area contributed by atoms with Gasteiger partial charge >= 0.3 is 0 Å². The third-order valence-corrected chi connectivity index (χ3v) is 3.04. The van der Waals surface area contributed by atoms with Crippen LogP contribution in [0.25, 0.3) is 0 Å². The van der Waals surface area contributed by atoms with Crippen molar-refractivity contribution < 1.29 is 4.39 Å². The van der Waals surface area contributed by atoms with Crippen molar-refractivity contribution in [3.8, 4) is 0 Å². The molecule has 0 aromatic heterocycles. The van der Waals surface area contributed by atoms with Crippen molar-refractivity contribution >= 4 is 0 Å². The zero-order chi connectivity index (χ0) is 10.7. The van der Waals surface area contributed by atoms with Gasteiger partial charge in [-0.3, -0.25) is 0 Å². The van der Waals surface area contributed by atoms with Gasteiger partial charge in [-0.15, -0.1) is 0 Å². The number of hydrogen-bond acceptors (Lipinski definition) is 1. The average Bonchev–Trinajstić information content (AvgIpc) is 3.05. The minimum absolute atomic E-state index is 0.0901. The first-order valence-electron chi connectivity index (χ1n) is 5.79. The average molecular weight is 207 g/mol. The van der Waals surface area contributed by atoms with Crippen molar-refractivity contribution in [2.24, 2.45) is 5.92 Å². The highest BCUT2D eigenvalue weighted by Crippen LogP contribution is 2.29. The molecule has 1 fully saturated rings. The SMILES string of the molecule is CCC(NCC1CC1)c1ccccc1F. The van der Waals surface area contributed by atoms with Crippen molar-refractivity contribution in [1.82, 2.24) is 5.32 Å². The highest BCUT2D eigenvalue weighted by atomic mass is 19.1. The Labute approximate surface area is 90.7 Å². The van der Waals surface area contributed by atoms with Crippen LogP contribution in [0.2, 0.25) is 0 Å². The predicted molar refractivity (Wildman–Crippen MR) is 60.2 cm³/mol. The summed E-state index contributed by atoms with van der Waals surface area (Å²) in [5.41, 5.74) is 0.806. The molecule has 82 valence electrons. The molecule has 0 spiro atoms. The molecule has 2 heteroatoms. The van der Waals surface area contributed by atoms with E-state index in [2.05, 4.69) is 12.2 Å². The Hall–Kier alpha value is -0.890. The van der Waals surface area contributed by atoms with Crippen LogP contribution in [-0.4, -0.2) is 6.54 Å². The zero-order valence-electron chi connectivity index (χ0n) is 9.17. The first-order chi connectivity index (χ1) is 7.31. The van der Waals surface area contributed by atoms with Crippen molar-refractivity contribution in [3.63, 3.8) is 0 Å². The molecular formula is C13H18FN. The van der Waals surface area contributed by atoms with E-state index in [1.807, 2.05) is 12.1 Å². The van der Waals surface area contributed by atoms with Gasteiger partial charge in [-0.1, -0.05) is 25.1 Å². The minimum Gasteiger partial charge on any atom is -0.310 e. The lowest BCUT2D eigenvalue weighted by Crippen LogP contribution is -2.23. The van der Waals surface area contributed by atoms with Gasteiger partial charge in [0.25, 0.3) is 0 Å². The van der Waals surface area contributed by atoms with Crippen LogP contribution in [0, 0.1) is 11.7 Å². The van der Waals surface area contributed by atoms with E-state index in [1.165, 1.54) is 18.9 Å². The first kappa shape index (κ1) is 10.6. The molecule has 0 bridgehead atoms. The van der Waals surface area contributed by atoms with Gasteiger partial charge in [-0.25, -0.2) is 4.39 Å². The summed E-state index contributed by atoms with van der Waals surface area (Å²) in [6.45, 7) is 3.13. The third kappa shape index (κ3) is 2.78. The fourth-order valence-corrected chi connectivity index (χ4v) is 1.86. The predicted octanol–water partition coefficient (Wildman–Crippen LogP) is 3.28. The molecule has 1 aliphatic carbocycles. The molecule has 1 aliphatic rings. The topological polar surface area (TPSA) is 12.0 Å². The summed E-state index contributed by atoms with van der Waals surface area (Å²) in [4.78, 5) is 0. The molecule has 1 aromatic carbocycles. The smallest absolute Gasteiger partial charge is 0.127 e. The van der Waals surface area contributed by atoms with Gasteiger partial charge in [-0.05, 0) is 37.8 Å². The lowest BCUT2D eigenvalue weighted by Gasteiger charge is -2.17. The molecule has 15 heavy (non-hydrogen) atoms. The maximum atomic E-state index is 13.5. The van der Waals surface area contributed by atoms with Crippen LogP contribution in [-0.2, 0) is 0 Å². The van der Waals surface area contributed by atoms with Crippen LogP contribution in [0.5, 0.6) is 0 Å². The standard InChI is InChI=1S/C13H18FN/c1-2-13(15-9-10-7-8-10)11-5-3-4-6-12(11)14/h3-6,10,13,15H,2,7-9H2,1H3. The van der Waals surface area contributed by atoms with Crippen LogP contribution >= 0.6 is 0 Å². The molecule has 1 N–H and O–H groups in total. The summed E-state index contributed by atoms with van der Waals surface area (Å²) in [5.74, 6) is 0.749. The quantitative estimate of drug-likeness (QED) is 0.781. The third-order valence-electron chi connectivity index (χ3n) is 3.04. The van der Waals surface area contributed by atoms with E-state index in [0.717, 1.165) is 24.4 Å². The fraction of sp³-hybridized carbons (Fsp3) is 0.538. The second kappa shape index (κ2) is 4.75. The summed E-state index contributed by atoms with van der Waals surface area (Å²) in [7, 11) is 0. The second-order valence-electron chi connectivity index (χ2n) is 4.33. The maximum Gasteiger partial charge on any atom is 0.127 e.